The van der Waals surface area contributed by atoms with Gasteiger partial charge in [-0.1, -0.05) is 6.42 Å². The second-order valence-electron chi connectivity index (χ2n) is 4.26. The lowest BCUT2D eigenvalue weighted by Gasteiger charge is -2.12. The maximum atomic E-state index is 11.4. The number of rotatable bonds is 7. The Morgan fingerprint density at radius 2 is 1.85 bits per heavy atom. The molecule has 0 radical (unpaired) electrons. The van der Waals surface area contributed by atoms with Crippen LogP contribution >= 0.6 is 0 Å². The Bertz CT molecular complexity index is 436. The predicted octanol–water partition coefficient (Wildman–Crippen LogP) is -0.0966. The zero-order chi connectivity index (χ0) is 15.0. The number of nitrogens with zero attached hydrogens (tertiary/aromatic N) is 1. The molecule has 1 aliphatic heterocycles. The molecule has 7 nitrogen and oxygen atoms in total. The van der Waals surface area contributed by atoms with Gasteiger partial charge < -0.3 is 10.2 Å². The number of nitrogens with one attached hydrogen (secondary N) is 1. The van der Waals surface area contributed by atoms with E-state index in [0.717, 1.165) is 0 Å². The molecular weight excluding hydrogens is 264 g/mol. The third-order valence-corrected chi connectivity index (χ3v) is 2.67. The van der Waals surface area contributed by atoms with Crippen LogP contribution in [0.2, 0.25) is 0 Å². The van der Waals surface area contributed by atoms with Crippen molar-refractivity contribution in [1.82, 2.24) is 10.4 Å². The van der Waals surface area contributed by atoms with E-state index in [1.165, 1.54) is 0 Å². The van der Waals surface area contributed by atoms with Crippen LogP contribution in [0.5, 0.6) is 0 Å². The Morgan fingerprint density at radius 1 is 1.20 bits per heavy atom. The molecule has 1 fully saturated rings. The third-order valence-electron chi connectivity index (χ3n) is 2.67. The van der Waals surface area contributed by atoms with Crippen LogP contribution in [0.15, 0.2) is 0 Å². The lowest BCUT2D eigenvalue weighted by atomic mass is 10.2. The van der Waals surface area contributed by atoms with E-state index >= 15 is 0 Å². The minimum absolute atomic E-state index is 0.0843. The molecule has 0 saturated carbocycles. The first kappa shape index (κ1) is 15.7. The van der Waals surface area contributed by atoms with Gasteiger partial charge in [0.05, 0.1) is 0 Å². The van der Waals surface area contributed by atoms with Gasteiger partial charge in [-0.2, -0.15) is 0 Å². The van der Waals surface area contributed by atoms with E-state index in [1.54, 1.807) is 0 Å². The lowest BCUT2D eigenvalue weighted by Crippen LogP contribution is -2.31. The van der Waals surface area contributed by atoms with Crippen LogP contribution in [0.3, 0.4) is 0 Å². The summed E-state index contributed by atoms with van der Waals surface area (Å²) in [6.07, 6.45) is 7.07. The number of amides is 3. The molecule has 1 saturated heterocycles. The highest BCUT2D eigenvalue weighted by atomic mass is 16.7. The van der Waals surface area contributed by atoms with Crippen molar-refractivity contribution in [2.24, 2.45) is 0 Å². The van der Waals surface area contributed by atoms with Gasteiger partial charge in [-0.3, -0.25) is 14.4 Å². The van der Waals surface area contributed by atoms with Gasteiger partial charge in [-0.05, 0) is 18.8 Å². The highest BCUT2D eigenvalue weighted by Crippen LogP contribution is 2.13. The molecule has 1 rings (SSSR count). The minimum Gasteiger partial charge on any atom is -0.345 e. The van der Waals surface area contributed by atoms with Crippen molar-refractivity contribution >= 4 is 23.7 Å². The molecule has 1 aliphatic rings. The molecule has 0 atom stereocenters. The molecular formula is C13H16N2O5. The van der Waals surface area contributed by atoms with Crippen molar-refractivity contribution in [1.29, 1.82) is 0 Å². The normalized spacial score (nSPS) is 14.1. The second kappa shape index (κ2) is 7.94. The summed E-state index contributed by atoms with van der Waals surface area (Å²) in [6, 6.07) is 0. The summed E-state index contributed by atoms with van der Waals surface area (Å²) in [5, 5.41) is 3.04. The number of terminal acetylenes is 1. The first-order valence-corrected chi connectivity index (χ1v) is 6.35. The Morgan fingerprint density at radius 3 is 2.45 bits per heavy atom. The first-order valence-electron chi connectivity index (χ1n) is 6.35. The van der Waals surface area contributed by atoms with Gasteiger partial charge in [-0.25, -0.2) is 4.79 Å². The second-order valence-corrected chi connectivity index (χ2v) is 4.26. The maximum absolute atomic E-state index is 11.4. The van der Waals surface area contributed by atoms with Crippen molar-refractivity contribution in [2.75, 3.05) is 6.54 Å². The Balaban J connectivity index is 2.09. The van der Waals surface area contributed by atoms with Crippen molar-refractivity contribution < 1.29 is 24.0 Å². The minimum atomic E-state index is -0.610. The lowest BCUT2D eigenvalue weighted by molar-refractivity contribution is -0.197. The number of hydrogen-bond acceptors (Lipinski definition) is 5. The average molecular weight is 280 g/mol. The molecule has 108 valence electrons. The van der Waals surface area contributed by atoms with Crippen LogP contribution in [-0.2, 0) is 24.0 Å². The van der Waals surface area contributed by atoms with Crippen molar-refractivity contribution in [2.45, 2.75) is 38.5 Å². The van der Waals surface area contributed by atoms with E-state index in [4.69, 9.17) is 11.3 Å². The maximum Gasteiger partial charge on any atom is 0.333 e. The SMILES string of the molecule is C#CC(=O)NCCCCCC(=O)ON1C(=O)CCC1=O. The monoisotopic (exact) mass is 280 g/mol. The number of carbonyl (C=O) groups excluding carboxylic acids is 4. The van der Waals surface area contributed by atoms with Gasteiger partial charge in [0.25, 0.3) is 17.7 Å². The quantitative estimate of drug-likeness (QED) is 0.399. The topological polar surface area (TPSA) is 92.8 Å². The van der Waals surface area contributed by atoms with Crippen LogP contribution in [0.4, 0.5) is 0 Å². The number of hydroxylamine groups is 2. The molecule has 0 aromatic rings. The summed E-state index contributed by atoms with van der Waals surface area (Å²) in [7, 11) is 0. The van der Waals surface area contributed by atoms with E-state index < -0.39 is 23.7 Å². The fourth-order valence-corrected chi connectivity index (χ4v) is 1.63. The average Bonchev–Trinajstić information content (AvgIpc) is 2.74. The smallest absolute Gasteiger partial charge is 0.333 e. The highest BCUT2D eigenvalue weighted by Gasteiger charge is 2.32. The van der Waals surface area contributed by atoms with Crippen LogP contribution < -0.4 is 5.32 Å². The van der Waals surface area contributed by atoms with Crippen LogP contribution in [0.1, 0.15) is 38.5 Å². The zero-order valence-corrected chi connectivity index (χ0v) is 11.0. The third kappa shape index (κ3) is 5.10. The van der Waals surface area contributed by atoms with Gasteiger partial charge in [-0.15, -0.1) is 11.5 Å². The summed E-state index contributed by atoms with van der Waals surface area (Å²) >= 11 is 0. The Hall–Kier alpha value is -2.36. The van der Waals surface area contributed by atoms with E-state index in [1.807, 2.05) is 5.92 Å². The van der Waals surface area contributed by atoms with Gasteiger partial charge in [0.1, 0.15) is 0 Å². The van der Waals surface area contributed by atoms with Gasteiger partial charge in [0, 0.05) is 25.8 Å². The summed E-state index contributed by atoms with van der Waals surface area (Å²) in [6.45, 7) is 0.446. The van der Waals surface area contributed by atoms with Crippen molar-refractivity contribution in [3.63, 3.8) is 0 Å². The molecule has 7 heteroatoms. The standard InChI is InChI=1S/C13H16N2O5/c1-2-10(16)14-9-5-3-4-6-13(19)20-15-11(17)7-8-12(15)18/h1H,3-9H2,(H,14,16). The fraction of sp³-hybridized carbons (Fsp3) is 0.538. The Labute approximate surface area is 116 Å². The number of carbonyl (C=O) groups is 4. The zero-order valence-electron chi connectivity index (χ0n) is 11.0. The molecule has 20 heavy (non-hydrogen) atoms. The van der Waals surface area contributed by atoms with E-state index in [2.05, 4.69) is 5.32 Å². The molecule has 0 aliphatic carbocycles. The summed E-state index contributed by atoms with van der Waals surface area (Å²) in [5.41, 5.74) is 0. The number of unbranched alkanes of at least 4 members (excludes halogenated alkanes) is 2. The van der Waals surface area contributed by atoms with Gasteiger partial charge in [0.15, 0.2) is 0 Å². The fourth-order valence-electron chi connectivity index (χ4n) is 1.63. The highest BCUT2D eigenvalue weighted by molar-refractivity contribution is 6.01. The van der Waals surface area contributed by atoms with E-state index in [0.29, 0.717) is 30.9 Å². The summed E-state index contributed by atoms with van der Waals surface area (Å²) < 4.78 is 0. The first-order chi connectivity index (χ1) is 9.54. The molecule has 1 heterocycles. The van der Waals surface area contributed by atoms with Crippen molar-refractivity contribution in [3.05, 3.63) is 0 Å². The Kier molecular flexibility index (Phi) is 6.23. The predicted molar refractivity (Wildman–Crippen MR) is 67.5 cm³/mol. The molecule has 0 aromatic carbocycles. The van der Waals surface area contributed by atoms with Crippen molar-refractivity contribution in [3.8, 4) is 12.3 Å². The van der Waals surface area contributed by atoms with Gasteiger partial charge in [0.2, 0.25) is 0 Å². The van der Waals surface area contributed by atoms with Crippen LogP contribution in [0, 0.1) is 12.3 Å². The number of hydrogen-bond donors (Lipinski definition) is 1. The van der Waals surface area contributed by atoms with Crippen LogP contribution in [0.25, 0.3) is 0 Å². The van der Waals surface area contributed by atoms with Gasteiger partial charge >= 0.3 is 5.97 Å². The molecule has 3 amide bonds. The van der Waals surface area contributed by atoms with E-state index in [9.17, 15) is 19.2 Å². The van der Waals surface area contributed by atoms with E-state index in [-0.39, 0.29) is 19.3 Å². The molecule has 1 N–H and O–H groups in total. The molecule has 0 unspecified atom stereocenters. The summed E-state index contributed by atoms with van der Waals surface area (Å²) in [4.78, 5) is 49.2. The molecule has 0 aromatic heterocycles. The molecule has 0 spiro atoms. The largest absolute Gasteiger partial charge is 0.345 e. The summed E-state index contributed by atoms with van der Waals surface area (Å²) in [5.74, 6) is -0.115. The van der Waals surface area contributed by atoms with Crippen LogP contribution in [-0.4, -0.2) is 35.3 Å². The number of imide groups is 1. The molecule has 0 bridgehead atoms.